The second-order valence-corrected chi connectivity index (χ2v) is 5.32. The third-order valence-corrected chi connectivity index (χ3v) is 3.54. The Bertz CT molecular complexity index is 233. The first-order valence-electron chi connectivity index (χ1n) is 6.57. The zero-order valence-electron chi connectivity index (χ0n) is 10.9. The molecule has 0 spiro atoms. The van der Waals surface area contributed by atoms with Gasteiger partial charge in [-0.3, -0.25) is 9.69 Å². The second kappa shape index (κ2) is 7.09. The fourth-order valence-corrected chi connectivity index (χ4v) is 2.40. The van der Waals surface area contributed by atoms with Crippen LogP contribution >= 0.6 is 0 Å². The van der Waals surface area contributed by atoms with Crippen LogP contribution in [0.3, 0.4) is 0 Å². The lowest BCUT2D eigenvalue weighted by Crippen LogP contribution is -2.43. The highest BCUT2D eigenvalue weighted by molar-refractivity contribution is 5.79. The number of carbonyl (C=O) groups excluding carboxylic acids is 1. The van der Waals surface area contributed by atoms with Gasteiger partial charge in [-0.05, 0) is 32.6 Å². The van der Waals surface area contributed by atoms with Crippen molar-refractivity contribution < 1.29 is 15.0 Å². The number of hydrogen-bond donors (Lipinski definition) is 2. The van der Waals surface area contributed by atoms with Gasteiger partial charge < -0.3 is 10.2 Å². The molecule has 100 valence electrons. The number of aliphatic hydroxyl groups excluding tert-OH is 2. The molecule has 1 aliphatic carbocycles. The monoisotopic (exact) mass is 243 g/mol. The summed E-state index contributed by atoms with van der Waals surface area (Å²) < 4.78 is 0. The molecule has 0 aromatic heterocycles. The number of aliphatic hydroxyl groups is 2. The van der Waals surface area contributed by atoms with Crippen molar-refractivity contribution in [2.45, 2.75) is 51.7 Å². The molecule has 0 aromatic carbocycles. The van der Waals surface area contributed by atoms with E-state index in [1.54, 1.807) is 6.92 Å². The van der Waals surface area contributed by atoms with Gasteiger partial charge in [-0.25, -0.2) is 0 Å². The summed E-state index contributed by atoms with van der Waals surface area (Å²) in [5, 5.41) is 18.7. The van der Waals surface area contributed by atoms with Crippen LogP contribution in [0.25, 0.3) is 0 Å². The molecule has 2 unspecified atom stereocenters. The Balaban J connectivity index is 2.44. The highest BCUT2D eigenvalue weighted by Crippen LogP contribution is 2.23. The molecule has 1 saturated carbocycles. The lowest BCUT2D eigenvalue weighted by atomic mass is 9.88. The van der Waals surface area contributed by atoms with Crippen LogP contribution in [0.15, 0.2) is 0 Å². The average molecular weight is 243 g/mol. The summed E-state index contributed by atoms with van der Waals surface area (Å²) >= 11 is 0. The highest BCUT2D eigenvalue weighted by atomic mass is 16.3. The van der Waals surface area contributed by atoms with Gasteiger partial charge in [0.25, 0.3) is 0 Å². The normalized spacial score (nSPS) is 21.8. The molecule has 0 bridgehead atoms. The van der Waals surface area contributed by atoms with E-state index in [4.69, 9.17) is 0 Å². The third kappa shape index (κ3) is 5.15. The molecule has 1 rings (SSSR count). The zero-order valence-corrected chi connectivity index (χ0v) is 10.9. The van der Waals surface area contributed by atoms with Gasteiger partial charge in [-0.2, -0.15) is 0 Å². The van der Waals surface area contributed by atoms with Crippen molar-refractivity contribution in [3.63, 3.8) is 0 Å². The molecule has 1 aliphatic rings. The number of nitrogens with zero attached hydrogens (tertiary/aromatic N) is 1. The van der Waals surface area contributed by atoms with Gasteiger partial charge in [0.15, 0.2) is 0 Å². The number of ketones is 1. The lowest BCUT2D eigenvalue weighted by molar-refractivity contribution is -0.121. The van der Waals surface area contributed by atoms with E-state index in [-0.39, 0.29) is 18.8 Å². The van der Waals surface area contributed by atoms with Crippen molar-refractivity contribution >= 4 is 5.78 Å². The first-order valence-corrected chi connectivity index (χ1v) is 6.57. The molecule has 0 amide bonds. The number of hydrogen-bond acceptors (Lipinski definition) is 4. The molecule has 0 aromatic rings. The number of carbonyl (C=O) groups is 1. The molecular formula is C13H25NO3. The maximum Gasteiger partial charge on any atom is 0.132 e. The first kappa shape index (κ1) is 14.6. The van der Waals surface area contributed by atoms with Crippen molar-refractivity contribution in [1.82, 2.24) is 4.90 Å². The van der Waals surface area contributed by atoms with Gasteiger partial charge >= 0.3 is 0 Å². The fourth-order valence-electron chi connectivity index (χ4n) is 2.40. The Morgan fingerprint density at radius 1 is 1.35 bits per heavy atom. The Morgan fingerprint density at radius 2 is 1.94 bits per heavy atom. The van der Waals surface area contributed by atoms with Gasteiger partial charge in [0.05, 0.1) is 12.7 Å². The standard InChI is InChI=1S/C13H25NO3/c1-10(9-15)14(7-11(2)16)8-12-3-5-13(17)6-4-12/h10-12,15-16H,3-9H2,1-2H3. The van der Waals surface area contributed by atoms with E-state index in [0.717, 1.165) is 19.4 Å². The fraction of sp³-hybridized carbons (Fsp3) is 0.923. The summed E-state index contributed by atoms with van der Waals surface area (Å²) in [7, 11) is 0. The predicted octanol–water partition coefficient (Wildman–Crippen LogP) is 0.809. The minimum absolute atomic E-state index is 0.0715. The number of Topliss-reactive ketones (excluding diaryl/α,β-unsaturated/α-hetero) is 1. The smallest absolute Gasteiger partial charge is 0.132 e. The SMILES string of the molecule is CC(O)CN(CC1CCC(=O)CC1)C(C)CO. The molecular weight excluding hydrogens is 218 g/mol. The van der Waals surface area contributed by atoms with Crippen LogP contribution in [0.5, 0.6) is 0 Å². The van der Waals surface area contributed by atoms with E-state index in [0.29, 0.717) is 31.1 Å². The Kier molecular flexibility index (Phi) is 6.09. The maximum absolute atomic E-state index is 11.2. The van der Waals surface area contributed by atoms with Gasteiger partial charge in [0, 0.05) is 32.0 Å². The summed E-state index contributed by atoms with van der Waals surface area (Å²) in [6.45, 7) is 5.31. The van der Waals surface area contributed by atoms with Crippen LogP contribution in [-0.2, 0) is 4.79 Å². The molecule has 0 aliphatic heterocycles. The lowest BCUT2D eigenvalue weighted by Gasteiger charge is -2.33. The molecule has 4 heteroatoms. The molecule has 17 heavy (non-hydrogen) atoms. The predicted molar refractivity (Wildman–Crippen MR) is 66.8 cm³/mol. The zero-order chi connectivity index (χ0) is 12.8. The largest absolute Gasteiger partial charge is 0.395 e. The van der Waals surface area contributed by atoms with Crippen LogP contribution in [0.1, 0.15) is 39.5 Å². The van der Waals surface area contributed by atoms with E-state index >= 15 is 0 Å². The summed E-state index contributed by atoms with van der Waals surface area (Å²) in [4.78, 5) is 13.3. The topological polar surface area (TPSA) is 60.8 Å². The summed E-state index contributed by atoms with van der Waals surface area (Å²) in [6, 6.07) is 0.0715. The van der Waals surface area contributed by atoms with Gasteiger partial charge in [0.1, 0.15) is 5.78 Å². The van der Waals surface area contributed by atoms with E-state index in [1.807, 2.05) is 6.92 Å². The van der Waals surface area contributed by atoms with Crippen LogP contribution in [0, 0.1) is 5.92 Å². The second-order valence-electron chi connectivity index (χ2n) is 5.32. The summed E-state index contributed by atoms with van der Waals surface area (Å²) in [5.41, 5.74) is 0. The molecule has 1 fully saturated rings. The molecule has 0 saturated heterocycles. The van der Waals surface area contributed by atoms with Crippen molar-refractivity contribution in [2.75, 3.05) is 19.7 Å². The van der Waals surface area contributed by atoms with Crippen molar-refractivity contribution in [2.24, 2.45) is 5.92 Å². The summed E-state index contributed by atoms with van der Waals surface area (Å²) in [5.74, 6) is 0.902. The number of rotatable bonds is 6. The molecule has 0 heterocycles. The molecule has 4 nitrogen and oxygen atoms in total. The van der Waals surface area contributed by atoms with E-state index in [2.05, 4.69) is 4.90 Å². The Morgan fingerprint density at radius 3 is 2.41 bits per heavy atom. The maximum atomic E-state index is 11.2. The highest BCUT2D eigenvalue weighted by Gasteiger charge is 2.23. The van der Waals surface area contributed by atoms with Crippen molar-refractivity contribution in [3.8, 4) is 0 Å². The molecule has 2 N–H and O–H groups in total. The van der Waals surface area contributed by atoms with Crippen LogP contribution < -0.4 is 0 Å². The van der Waals surface area contributed by atoms with Gasteiger partial charge in [0.2, 0.25) is 0 Å². The molecule has 0 radical (unpaired) electrons. The van der Waals surface area contributed by atoms with Gasteiger partial charge in [-0.15, -0.1) is 0 Å². The first-order chi connectivity index (χ1) is 8.02. The molecule has 2 atom stereocenters. The summed E-state index contributed by atoms with van der Waals surface area (Å²) in [6.07, 6.45) is 2.91. The minimum Gasteiger partial charge on any atom is -0.395 e. The van der Waals surface area contributed by atoms with E-state index in [1.165, 1.54) is 0 Å². The van der Waals surface area contributed by atoms with Gasteiger partial charge in [-0.1, -0.05) is 0 Å². The quantitative estimate of drug-likeness (QED) is 0.725. The van der Waals surface area contributed by atoms with Crippen LogP contribution in [0.2, 0.25) is 0 Å². The minimum atomic E-state index is -0.380. The van der Waals surface area contributed by atoms with Crippen LogP contribution in [-0.4, -0.2) is 52.7 Å². The third-order valence-electron chi connectivity index (χ3n) is 3.54. The van der Waals surface area contributed by atoms with Crippen molar-refractivity contribution in [3.05, 3.63) is 0 Å². The van der Waals surface area contributed by atoms with E-state index in [9.17, 15) is 15.0 Å². The Labute approximate surface area is 104 Å². The Hall–Kier alpha value is -0.450. The average Bonchev–Trinajstić information content (AvgIpc) is 2.29. The van der Waals surface area contributed by atoms with Crippen LogP contribution in [0.4, 0.5) is 0 Å². The van der Waals surface area contributed by atoms with E-state index < -0.39 is 0 Å². The van der Waals surface area contributed by atoms with Crippen molar-refractivity contribution in [1.29, 1.82) is 0 Å².